The van der Waals surface area contributed by atoms with Gasteiger partial charge in [-0.3, -0.25) is 4.90 Å². The molecule has 19 heavy (non-hydrogen) atoms. The second kappa shape index (κ2) is 4.98. The molecule has 3 rings (SSSR count). The van der Waals surface area contributed by atoms with Crippen LogP contribution in [0.4, 0.5) is 0 Å². The SMILES string of the molecule is Cc1nc(-c2ncc(C)s2)cc([C@@H]2CCCN2C)n1. The second-order valence-corrected chi connectivity index (χ2v) is 6.37. The normalized spacial score (nSPS) is 20.1. The molecule has 1 atom stereocenters. The number of aromatic nitrogens is 3. The molecule has 3 heterocycles. The van der Waals surface area contributed by atoms with Gasteiger partial charge < -0.3 is 0 Å². The fourth-order valence-corrected chi connectivity index (χ4v) is 3.35. The summed E-state index contributed by atoms with van der Waals surface area (Å²) in [7, 11) is 2.17. The van der Waals surface area contributed by atoms with Gasteiger partial charge in [0.15, 0.2) is 0 Å². The summed E-state index contributed by atoms with van der Waals surface area (Å²) >= 11 is 1.69. The van der Waals surface area contributed by atoms with E-state index in [9.17, 15) is 0 Å². The Morgan fingerprint density at radius 3 is 2.79 bits per heavy atom. The molecule has 1 aliphatic rings. The highest BCUT2D eigenvalue weighted by molar-refractivity contribution is 7.14. The third-order valence-corrected chi connectivity index (χ3v) is 4.50. The van der Waals surface area contributed by atoms with Crippen LogP contribution in [0, 0.1) is 13.8 Å². The average Bonchev–Trinajstić information content (AvgIpc) is 2.97. The molecule has 1 fully saturated rings. The second-order valence-electron chi connectivity index (χ2n) is 5.14. The Kier molecular flexibility index (Phi) is 3.33. The molecule has 2 aromatic rings. The Morgan fingerprint density at radius 2 is 2.16 bits per heavy atom. The molecule has 100 valence electrons. The first-order valence-corrected chi connectivity index (χ1v) is 7.44. The van der Waals surface area contributed by atoms with Crippen LogP contribution in [0.25, 0.3) is 10.7 Å². The van der Waals surface area contributed by atoms with Gasteiger partial charge in [0.25, 0.3) is 0 Å². The molecular weight excluding hydrogens is 256 g/mol. The summed E-state index contributed by atoms with van der Waals surface area (Å²) in [6.07, 6.45) is 4.33. The minimum atomic E-state index is 0.432. The first-order valence-electron chi connectivity index (χ1n) is 6.62. The van der Waals surface area contributed by atoms with Crippen LogP contribution in [0.3, 0.4) is 0 Å². The lowest BCUT2D eigenvalue weighted by atomic mass is 10.1. The Labute approximate surface area is 117 Å². The number of thiazole rings is 1. The highest BCUT2D eigenvalue weighted by Crippen LogP contribution is 2.31. The topological polar surface area (TPSA) is 41.9 Å². The van der Waals surface area contributed by atoms with E-state index in [1.54, 1.807) is 11.3 Å². The summed E-state index contributed by atoms with van der Waals surface area (Å²) in [4.78, 5) is 17.2. The van der Waals surface area contributed by atoms with Gasteiger partial charge in [0.2, 0.25) is 0 Å². The van der Waals surface area contributed by atoms with Crippen LogP contribution in [-0.4, -0.2) is 33.4 Å². The Morgan fingerprint density at radius 1 is 1.32 bits per heavy atom. The van der Waals surface area contributed by atoms with Crippen LogP contribution in [0.2, 0.25) is 0 Å². The van der Waals surface area contributed by atoms with E-state index in [4.69, 9.17) is 0 Å². The first-order chi connectivity index (χ1) is 9.13. The molecule has 2 aromatic heterocycles. The van der Waals surface area contributed by atoms with E-state index in [-0.39, 0.29) is 0 Å². The smallest absolute Gasteiger partial charge is 0.142 e. The van der Waals surface area contributed by atoms with E-state index in [1.165, 1.54) is 17.7 Å². The largest absolute Gasteiger partial charge is 0.298 e. The summed E-state index contributed by atoms with van der Waals surface area (Å²) in [6, 6.07) is 2.54. The number of hydrogen-bond donors (Lipinski definition) is 0. The first kappa shape index (κ1) is 12.7. The lowest BCUT2D eigenvalue weighted by Gasteiger charge is -2.19. The van der Waals surface area contributed by atoms with Crippen LogP contribution in [0.5, 0.6) is 0 Å². The number of rotatable bonds is 2. The zero-order valence-electron chi connectivity index (χ0n) is 11.6. The summed E-state index contributed by atoms with van der Waals surface area (Å²) in [5.74, 6) is 0.834. The van der Waals surface area contributed by atoms with Gasteiger partial charge in [-0.15, -0.1) is 11.3 Å². The van der Waals surface area contributed by atoms with Crippen LogP contribution in [-0.2, 0) is 0 Å². The van der Waals surface area contributed by atoms with Crippen molar-refractivity contribution in [2.24, 2.45) is 0 Å². The van der Waals surface area contributed by atoms with Gasteiger partial charge in [-0.05, 0) is 46.3 Å². The zero-order chi connectivity index (χ0) is 13.4. The van der Waals surface area contributed by atoms with E-state index < -0.39 is 0 Å². The third-order valence-electron chi connectivity index (χ3n) is 3.56. The number of hydrogen-bond acceptors (Lipinski definition) is 5. The molecule has 4 nitrogen and oxygen atoms in total. The van der Waals surface area contributed by atoms with Crippen molar-refractivity contribution in [2.45, 2.75) is 32.7 Å². The van der Waals surface area contributed by atoms with Crippen molar-refractivity contribution in [3.05, 3.63) is 28.7 Å². The summed E-state index contributed by atoms with van der Waals surface area (Å²) in [6.45, 7) is 5.18. The predicted molar refractivity (Wildman–Crippen MR) is 77.2 cm³/mol. The maximum Gasteiger partial charge on any atom is 0.142 e. The fourth-order valence-electron chi connectivity index (χ4n) is 2.63. The van der Waals surface area contributed by atoms with Crippen molar-refractivity contribution in [2.75, 3.05) is 13.6 Å². The monoisotopic (exact) mass is 274 g/mol. The van der Waals surface area contributed by atoms with Gasteiger partial charge in [-0.25, -0.2) is 15.0 Å². The van der Waals surface area contributed by atoms with Gasteiger partial charge >= 0.3 is 0 Å². The lowest BCUT2D eigenvalue weighted by Crippen LogP contribution is -2.19. The van der Waals surface area contributed by atoms with Gasteiger partial charge in [0.1, 0.15) is 16.5 Å². The van der Waals surface area contributed by atoms with Crippen LogP contribution in [0.15, 0.2) is 12.3 Å². The number of aryl methyl sites for hydroxylation is 2. The molecular formula is C14H18N4S. The quantitative estimate of drug-likeness (QED) is 0.844. The maximum absolute atomic E-state index is 4.62. The molecule has 0 saturated carbocycles. The molecule has 0 amide bonds. The predicted octanol–water partition coefficient (Wildman–Crippen LogP) is 2.98. The zero-order valence-corrected chi connectivity index (χ0v) is 12.4. The summed E-state index contributed by atoms with van der Waals surface area (Å²) in [5.41, 5.74) is 2.09. The van der Waals surface area contributed by atoms with E-state index in [1.807, 2.05) is 13.1 Å². The van der Waals surface area contributed by atoms with E-state index >= 15 is 0 Å². The molecule has 0 spiro atoms. The standard InChI is InChI=1S/C14H18N4S/c1-9-8-15-14(19-9)12-7-11(16-10(2)17-12)13-5-4-6-18(13)3/h7-8,13H,4-6H2,1-3H3/t13-/m0/s1. The van der Waals surface area contributed by atoms with Crippen molar-refractivity contribution < 1.29 is 0 Å². The average molecular weight is 274 g/mol. The summed E-state index contributed by atoms with van der Waals surface area (Å²) < 4.78 is 0. The third kappa shape index (κ3) is 2.53. The molecule has 0 N–H and O–H groups in total. The molecule has 0 unspecified atom stereocenters. The summed E-state index contributed by atoms with van der Waals surface area (Å²) in [5, 5.41) is 0.991. The van der Waals surface area contributed by atoms with E-state index in [2.05, 4.69) is 39.9 Å². The van der Waals surface area contributed by atoms with Gasteiger partial charge in [0, 0.05) is 11.1 Å². The van der Waals surface area contributed by atoms with Gasteiger partial charge in [-0.2, -0.15) is 0 Å². The minimum absolute atomic E-state index is 0.432. The Hall–Kier alpha value is -1.33. The number of likely N-dealkylation sites (tertiary alicyclic amines) is 1. The van der Waals surface area contributed by atoms with Crippen LogP contribution >= 0.6 is 11.3 Å². The van der Waals surface area contributed by atoms with E-state index in [0.29, 0.717) is 6.04 Å². The Balaban J connectivity index is 2.00. The van der Waals surface area contributed by atoms with Crippen molar-refractivity contribution in [3.8, 4) is 10.7 Å². The van der Waals surface area contributed by atoms with Gasteiger partial charge in [-0.1, -0.05) is 0 Å². The minimum Gasteiger partial charge on any atom is -0.298 e. The number of nitrogens with zero attached hydrogens (tertiary/aromatic N) is 4. The molecule has 0 bridgehead atoms. The molecule has 1 saturated heterocycles. The van der Waals surface area contributed by atoms with Crippen LogP contribution < -0.4 is 0 Å². The molecule has 0 radical (unpaired) electrons. The highest BCUT2D eigenvalue weighted by Gasteiger charge is 2.24. The molecule has 0 aliphatic carbocycles. The Bertz CT molecular complexity index is 593. The van der Waals surface area contributed by atoms with Crippen molar-refractivity contribution >= 4 is 11.3 Å². The molecule has 0 aromatic carbocycles. The van der Waals surface area contributed by atoms with Crippen molar-refractivity contribution in [3.63, 3.8) is 0 Å². The molecule has 5 heteroatoms. The van der Waals surface area contributed by atoms with E-state index in [0.717, 1.165) is 28.8 Å². The van der Waals surface area contributed by atoms with Crippen molar-refractivity contribution in [1.29, 1.82) is 0 Å². The van der Waals surface area contributed by atoms with Crippen LogP contribution in [0.1, 0.15) is 35.3 Å². The molecule has 1 aliphatic heterocycles. The van der Waals surface area contributed by atoms with Gasteiger partial charge in [0.05, 0.1) is 11.7 Å². The maximum atomic E-state index is 4.62. The van der Waals surface area contributed by atoms with Crippen molar-refractivity contribution in [1.82, 2.24) is 19.9 Å². The highest BCUT2D eigenvalue weighted by atomic mass is 32.1. The lowest BCUT2D eigenvalue weighted by molar-refractivity contribution is 0.311. The fraction of sp³-hybridized carbons (Fsp3) is 0.500.